The highest BCUT2D eigenvalue weighted by atomic mass is 79.9. The number of hydrogen-bond acceptors (Lipinski definition) is 4. The van der Waals surface area contributed by atoms with Gasteiger partial charge in [0.25, 0.3) is 5.91 Å². The van der Waals surface area contributed by atoms with Crippen LogP contribution in [0.15, 0.2) is 53.0 Å². The maximum absolute atomic E-state index is 12.6. The Morgan fingerprint density at radius 3 is 2.44 bits per heavy atom. The summed E-state index contributed by atoms with van der Waals surface area (Å²) in [6.07, 6.45) is 1.08. The Morgan fingerprint density at radius 2 is 1.81 bits per heavy atom. The summed E-state index contributed by atoms with van der Waals surface area (Å²) in [6, 6.07) is 13.0. The number of anilines is 1. The van der Waals surface area contributed by atoms with Crippen molar-refractivity contribution in [1.29, 1.82) is 0 Å². The fourth-order valence-electron chi connectivity index (χ4n) is 2.42. The second-order valence-electron chi connectivity index (χ2n) is 6.31. The van der Waals surface area contributed by atoms with Crippen LogP contribution in [-0.2, 0) is 14.6 Å². The van der Waals surface area contributed by atoms with Gasteiger partial charge in [0.15, 0.2) is 0 Å². The van der Waals surface area contributed by atoms with Gasteiger partial charge in [0.2, 0.25) is 5.91 Å². The Bertz CT molecular complexity index is 944. The number of hydrogen-bond donors (Lipinski definition) is 2. The molecule has 0 radical (unpaired) electrons. The van der Waals surface area contributed by atoms with E-state index in [1.807, 2.05) is 19.1 Å². The Morgan fingerprint density at radius 1 is 1.11 bits per heavy atom. The van der Waals surface area contributed by atoms with E-state index in [0.29, 0.717) is 11.3 Å². The molecule has 0 fully saturated rings. The smallest absolute Gasteiger partial charge is 0.251 e. The third-order valence-electron chi connectivity index (χ3n) is 3.77. The van der Waals surface area contributed by atoms with E-state index in [4.69, 9.17) is 0 Å². The predicted octanol–water partition coefficient (Wildman–Crippen LogP) is 2.93. The minimum Gasteiger partial charge on any atom is -0.340 e. The van der Waals surface area contributed by atoms with Gasteiger partial charge in [-0.2, -0.15) is 0 Å². The molecule has 0 unspecified atom stereocenters. The van der Waals surface area contributed by atoms with E-state index < -0.39 is 27.7 Å². The number of carbonyl (C=O) groups excluding carboxylic acids is 2. The third-order valence-corrected chi connectivity index (χ3v) is 5.24. The van der Waals surface area contributed by atoms with Crippen molar-refractivity contribution in [2.24, 2.45) is 0 Å². The quantitative estimate of drug-likeness (QED) is 0.675. The topological polar surface area (TPSA) is 92.3 Å². The molecule has 0 saturated heterocycles. The SMILES string of the molecule is Cc1cccc(C(=O)N[C@@H](CCS(C)(=O)=O)C(=O)Nc2cccc(Br)c2)c1. The molecule has 2 N–H and O–H groups in total. The first-order valence-electron chi connectivity index (χ1n) is 8.26. The van der Waals surface area contributed by atoms with Crippen LogP contribution < -0.4 is 10.6 Å². The average molecular weight is 453 g/mol. The summed E-state index contributed by atoms with van der Waals surface area (Å²) >= 11 is 3.32. The van der Waals surface area contributed by atoms with E-state index in [0.717, 1.165) is 16.3 Å². The Balaban J connectivity index is 2.16. The van der Waals surface area contributed by atoms with Crippen molar-refractivity contribution in [2.75, 3.05) is 17.3 Å². The van der Waals surface area contributed by atoms with Gasteiger partial charge in [0.1, 0.15) is 15.9 Å². The van der Waals surface area contributed by atoms with Crippen molar-refractivity contribution in [3.8, 4) is 0 Å². The van der Waals surface area contributed by atoms with Gasteiger partial charge in [-0.1, -0.05) is 39.7 Å². The first-order chi connectivity index (χ1) is 12.6. The molecule has 144 valence electrons. The van der Waals surface area contributed by atoms with Crippen molar-refractivity contribution in [3.63, 3.8) is 0 Å². The fraction of sp³-hybridized carbons (Fsp3) is 0.263. The van der Waals surface area contributed by atoms with Gasteiger partial charge in [0.05, 0.1) is 5.75 Å². The largest absolute Gasteiger partial charge is 0.340 e. The molecule has 0 saturated carbocycles. The fourth-order valence-corrected chi connectivity index (χ4v) is 3.49. The van der Waals surface area contributed by atoms with E-state index in [-0.39, 0.29) is 12.2 Å². The second-order valence-corrected chi connectivity index (χ2v) is 9.49. The molecular weight excluding hydrogens is 432 g/mol. The van der Waals surface area contributed by atoms with Crippen molar-refractivity contribution in [3.05, 3.63) is 64.1 Å². The normalized spacial score (nSPS) is 12.3. The zero-order chi connectivity index (χ0) is 20.0. The van der Waals surface area contributed by atoms with Crippen molar-refractivity contribution in [1.82, 2.24) is 5.32 Å². The van der Waals surface area contributed by atoms with Crippen LogP contribution in [0.5, 0.6) is 0 Å². The molecule has 0 aromatic heterocycles. The minimum absolute atomic E-state index is 0.0176. The molecule has 0 heterocycles. The lowest BCUT2D eigenvalue weighted by Gasteiger charge is -2.18. The first-order valence-corrected chi connectivity index (χ1v) is 11.1. The highest BCUT2D eigenvalue weighted by Gasteiger charge is 2.23. The third kappa shape index (κ3) is 7.15. The van der Waals surface area contributed by atoms with Crippen LogP contribution in [-0.4, -0.2) is 38.3 Å². The number of benzene rings is 2. The van der Waals surface area contributed by atoms with Crippen LogP contribution in [0.25, 0.3) is 0 Å². The monoisotopic (exact) mass is 452 g/mol. The van der Waals surface area contributed by atoms with E-state index in [1.165, 1.54) is 0 Å². The molecule has 2 aromatic carbocycles. The van der Waals surface area contributed by atoms with Gasteiger partial charge in [-0.25, -0.2) is 8.42 Å². The number of rotatable bonds is 7. The molecule has 2 rings (SSSR count). The van der Waals surface area contributed by atoms with Gasteiger partial charge in [-0.3, -0.25) is 9.59 Å². The molecule has 6 nitrogen and oxygen atoms in total. The van der Waals surface area contributed by atoms with Crippen LogP contribution in [0.2, 0.25) is 0 Å². The van der Waals surface area contributed by atoms with E-state index >= 15 is 0 Å². The zero-order valence-electron chi connectivity index (χ0n) is 15.0. The van der Waals surface area contributed by atoms with Crippen molar-refractivity contribution >= 4 is 43.3 Å². The Hall–Kier alpha value is -2.19. The molecule has 2 aromatic rings. The minimum atomic E-state index is -3.28. The Labute approximate surface area is 167 Å². The lowest BCUT2D eigenvalue weighted by molar-refractivity contribution is -0.118. The number of carbonyl (C=O) groups is 2. The van der Waals surface area contributed by atoms with E-state index in [1.54, 1.807) is 36.4 Å². The highest BCUT2D eigenvalue weighted by molar-refractivity contribution is 9.10. The van der Waals surface area contributed by atoms with E-state index in [2.05, 4.69) is 26.6 Å². The molecule has 1 atom stereocenters. The van der Waals surface area contributed by atoms with E-state index in [9.17, 15) is 18.0 Å². The lowest BCUT2D eigenvalue weighted by atomic mass is 10.1. The van der Waals surface area contributed by atoms with Crippen molar-refractivity contribution < 1.29 is 18.0 Å². The Kier molecular flexibility index (Phi) is 7.15. The summed E-state index contributed by atoms with van der Waals surface area (Å²) in [5, 5.41) is 5.35. The maximum atomic E-state index is 12.6. The van der Waals surface area contributed by atoms with Crippen LogP contribution in [0.1, 0.15) is 22.3 Å². The summed E-state index contributed by atoms with van der Waals surface area (Å²) in [7, 11) is -3.28. The number of amides is 2. The maximum Gasteiger partial charge on any atom is 0.251 e. The molecule has 27 heavy (non-hydrogen) atoms. The van der Waals surface area contributed by atoms with Crippen LogP contribution >= 0.6 is 15.9 Å². The number of aryl methyl sites for hydroxylation is 1. The number of nitrogens with one attached hydrogen (secondary N) is 2. The van der Waals surface area contributed by atoms with Gasteiger partial charge in [-0.15, -0.1) is 0 Å². The molecular formula is C19H21BrN2O4S. The van der Waals surface area contributed by atoms with Crippen LogP contribution in [0.4, 0.5) is 5.69 Å². The molecule has 0 spiro atoms. The van der Waals surface area contributed by atoms with Crippen molar-refractivity contribution in [2.45, 2.75) is 19.4 Å². The molecule has 0 bridgehead atoms. The molecule has 0 aliphatic rings. The number of halogens is 1. The first kappa shape index (κ1) is 21.1. The molecule has 0 aliphatic heterocycles. The van der Waals surface area contributed by atoms with Gasteiger partial charge in [0, 0.05) is 22.0 Å². The summed E-state index contributed by atoms with van der Waals surface area (Å²) in [5.74, 6) is -1.11. The summed E-state index contributed by atoms with van der Waals surface area (Å²) in [5.41, 5.74) is 1.87. The zero-order valence-corrected chi connectivity index (χ0v) is 17.4. The standard InChI is InChI=1S/C19H21BrN2O4S/c1-13-5-3-6-14(11-13)18(23)22-17(9-10-27(2,25)26)19(24)21-16-8-4-7-15(20)12-16/h3-8,11-12,17H,9-10H2,1-2H3,(H,21,24)(H,22,23)/t17-/m0/s1. The van der Waals surface area contributed by atoms with Gasteiger partial charge in [-0.05, 0) is 43.7 Å². The summed E-state index contributed by atoms with van der Waals surface area (Å²) in [4.78, 5) is 25.1. The molecule has 8 heteroatoms. The second kappa shape index (κ2) is 9.14. The van der Waals surface area contributed by atoms with Crippen LogP contribution in [0, 0.1) is 6.92 Å². The van der Waals surface area contributed by atoms with Gasteiger partial charge < -0.3 is 10.6 Å². The summed E-state index contributed by atoms with van der Waals surface area (Å²) in [6.45, 7) is 1.86. The lowest BCUT2D eigenvalue weighted by Crippen LogP contribution is -2.44. The predicted molar refractivity (Wildman–Crippen MR) is 110 cm³/mol. The van der Waals surface area contributed by atoms with Crippen LogP contribution in [0.3, 0.4) is 0 Å². The average Bonchev–Trinajstić information content (AvgIpc) is 2.57. The molecule has 0 aliphatic carbocycles. The molecule has 2 amide bonds. The number of sulfone groups is 1. The summed E-state index contributed by atoms with van der Waals surface area (Å²) < 4.78 is 23.8. The van der Waals surface area contributed by atoms with Gasteiger partial charge >= 0.3 is 0 Å². The highest BCUT2D eigenvalue weighted by Crippen LogP contribution is 2.16.